The summed E-state index contributed by atoms with van der Waals surface area (Å²) in [4.78, 5) is 12.9. The van der Waals surface area contributed by atoms with Crippen LogP contribution in [0.1, 0.15) is 24.2 Å². The van der Waals surface area contributed by atoms with E-state index in [1.807, 2.05) is 0 Å². The Hall–Kier alpha value is -0.750. The van der Waals surface area contributed by atoms with E-state index in [4.69, 9.17) is 11.6 Å². The zero-order valence-corrected chi connectivity index (χ0v) is 12.6. The van der Waals surface area contributed by atoms with Crippen LogP contribution in [0.3, 0.4) is 0 Å². The number of alkyl halides is 3. The highest BCUT2D eigenvalue weighted by molar-refractivity contribution is 9.10. The van der Waals surface area contributed by atoms with Gasteiger partial charge in [0.15, 0.2) is 0 Å². The van der Waals surface area contributed by atoms with Crippen LogP contribution in [0.25, 0.3) is 0 Å². The molecule has 0 fully saturated rings. The lowest BCUT2D eigenvalue weighted by molar-refractivity contribution is -0.143. The van der Waals surface area contributed by atoms with Gasteiger partial charge in [-0.25, -0.2) is 0 Å². The highest BCUT2D eigenvalue weighted by Crippen LogP contribution is 2.28. The van der Waals surface area contributed by atoms with Crippen LogP contribution in [-0.4, -0.2) is 29.6 Å². The molecule has 0 N–H and O–H groups in total. The van der Waals surface area contributed by atoms with E-state index >= 15 is 0 Å². The van der Waals surface area contributed by atoms with Crippen molar-refractivity contribution in [1.29, 1.82) is 0 Å². The third-order valence-electron chi connectivity index (χ3n) is 2.42. The number of carbonyl (C=O) groups is 1. The number of hydrogen-bond donors (Lipinski definition) is 0. The Labute approximate surface area is 122 Å². The summed E-state index contributed by atoms with van der Waals surface area (Å²) in [6.45, 7) is 1.75. The standard InChI is InChI=1S/C12H12BrClF3NO/c1-7(2)18(6-12(15,16)17)11(19)8-4-3-5-9(13)10(8)14/h3-5,7H,6H2,1-2H3. The van der Waals surface area contributed by atoms with Gasteiger partial charge in [-0.05, 0) is 41.9 Å². The fraction of sp³-hybridized carbons (Fsp3) is 0.417. The maximum Gasteiger partial charge on any atom is 0.406 e. The van der Waals surface area contributed by atoms with Gasteiger partial charge in [-0.3, -0.25) is 4.79 Å². The molecule has 0 aliphatic carbocycles. The lowest BCUT2D eigenvalue weighted by Crippen LogP contribution is -2.43. The predicted molar refractivity (Wildman–Crippen MR) is 71.4 cm³/mol. The first kappa shape index (κ1) is 16.3. The lowest BCUT2D eigenvalue weighted by Gasteiger charge is -2.28. The molecule has 106 valence electrons. The van der Waals surface area contributed by atoms with Gasteiger partial charge in [0.25, 0.3) is 5.91 Å². The molecule has 0 heterocycles. The molecule has 0 unspecified atom stereocenters. The average molecular weight is 359 g/mol. The second kappa shape index (κ2) is 6.13. The SMILES string of the molecule is CC(C)N(CC(F)(F)F)C(=O)c1cccc(Br)c1Cl. The van der Waals surface area contributed by atoms with E-state index in [0.717, 1.165) is 4.90 Å². The molecule has 0 saturated heterocycles. The Morgan fingerprint density at radius 2 is 2.00 bits per heavy atom. The van der Waals surface area contributed by atoms with Crippen molar-refractivity contribution in [2.75, 3.05) is 6.54 Å². The summed E-state index contributed by atoms with van der Waals surface area (Å²) < 4.78 is 37.9. The van der Waals surface area contributed by atoms with Crippen LogP contribution in [0, 0.1) is 0 Å². The topological polar surface area (TPSA) is 20.3 Å². The smallest absolute Gasteiger partial charge is 0.327 e. The van der Waals surface area contributed by atoms with Crippen molar-refractivity contribution in [3.8, 4) is 0 Å². The van der Waals surface area contributed by atoms with Crippen molar-refractivity contribution < 1.29 is 18.0 Å². The predicted octanol–water partition coefficient (Wildman–Crippen LogP) is 4.52. The largest absolute Gasteiger partial charge is 0.406 e. The van der Waals surface area contributed by atoms with E-state index in [1.165, 1.54) is 19.9 Å². The molecule has 1 rings (SSSR count). The van der Waals surface area contributed by atoms with Gasteiger partial charge < -0.3 is 4.90 Å². The molecule has 1 aromatic carbocycles. The van der Waals surface area contributed by atoms with Crippen LogP contribution in [0.5, 0.6) is 0 Å². The van der Waals surface area contributed by atoms with Crippen molar-refractivity contribution >= 4 is 33.4 Å². The number of carbonyl (C=O) groups excluding carboxylic acids is 1. The van der Waals surface area contributed by atoms with Crippen LogP contribution in [0.15, 0.2) is 22.7 Å². The van der Waals surface area contributed by atoms with E-state index in [1.54, 1.807) is 12.1 Å². The zero-order chi connectivity index (χ0) is 14.8. The van der Waals surface area contributed by atoms with Crippen molar-refractivity contribution in [2.45, 2.75) is 26.1 Å². The van der Waals surface area contributed by atoms with E-state index in [0.29, 0.717) is 4.47 Å². The van der Waals surface area contributed by atoms with Gasteiger partial charge in [-0.1, -0.05) is 17.7 Å². The summed E-state index contributed by atoms with van der Waals surface area (Å²) in [5.41, 5.74) is 0.0500. The first-order valence-corrected chi connectivity index (χ1v) is 6.62. The fourth-order valence-electron chi connectivity index (χ4n) is 1.51. The van der Waals surface area contributed by atoms with Crippen LogP contribution in [0.2, 0.25) is 5.02 Å². The van der Waals surface area contributed by atoms with Gasteiger partial charge in [0.05, 0.1) is 10.6 Å². The summed E-state index contributed by atoms with van der Waals surface area (Å²) >= 11 is 9.07. The average Bonchev–Trinajstić information content (AvgIpc) is 2.27. The van der Waals surface area contributed by atoms with Gasteiger partial charge >= 0.3 is 6.18 Å². The monoisotopic (exact) mass is 357 g/mol. The van der Waals surface area contributed by atoms with Crippen LogP contribution >= 0.6 is 27.5 Å². The third kappa shape index (κ3) is 4.38. The molecule has 19 heavy (non-hydrogen) atoms. The van der Waals surface area contributed by atoms with E-state index in [2.05, 4.69) is 15.9 Å². The number of hydrogen-bond acceptors (Lipinski definition) is 1. The molecular weight excluding hydrogens is 346 g/mol. The summed E-state index contributed by atoms with van der Waals surface area (Å²) in [5, 5.41) is 0.111. The molecule has 1 aromatic rings. The summed E-state index contributed by atoms with van der Waals surface area (Å²) in [7, 11) is 0. The van der Waals surface area contributed by atoms with Gasteiger partial charge in [-0.15, -0.1) is 0 Å². The molecule has 1 amide bonds. The molecule has 0 aromatic heterocycles. The summed E-state index contributed by atoms with van der Waals surface area (Å²) in [6, 6.07) is 3.99. The fourth-order valence-corrected chi connectivity index (χ4v) is 2.08. The normalized spacial score (nSPS) is 11.8. The minimum atomic E-state index is -4.45. The Balaban J connectivity index is 3.10. The van der Waals surface area contributed by atoms with E-state index < -0.39 is 24.7 Å². The highest BCUT2D eigenvalue weighted by atomic mass is 79.9. The molecule has 0 aliphatic heterocycles. The second-order valence-corrected chi connectivity index (χ2v) is 5.48. The van der Waals surface area contributed by atoms with Crippen molar-refractivity contribution in [2.24, 2.45) is 0 Å². The van der Waals surface area contributed by atoms with Crippen molar-refractivity contribution in [3.63, 3.8) is 0 Å². The summed E-state index contributed by atoms with van der Waals surface area (Å²) in [5.74, 6) is -0.737. The van der Waals surface area contributed by atoms with Crippen molar-refractivity contribution in [1.82, 2.24) is 4.90 Å². The first-order valence-electron chi connectivity index (χ1n) is 5.45. The Morgan fingerprint density at radius 1 is 1.42 bits per heavy atom. The molecular formula is C12H12BrClF3NO. The molecule has 0 bridgehead atoms. The third-order valence-corrected chi connectivity index (χ3v) is 3.71. The Bertz CT molecular complexity index is 477. The van der Waals surface area contributed by atoms with E-state index in [-0.39, 0.29) is 10.6 Å². The van der Waals surface area contributed by atoms with E-state index in [9.17, 15) is 18.0 Å². The number of rotatable bonds is 3. The minimum absolute atomic E-state index is 0.0500. The van der Waals surface area contributed by atoms with Gasteiger partial charge in [0.1, 0.15) is 6.54 Å². The maximum absolute atomic E-state index is 12.5. The molecule has 0 spiro atoms. The van der Waals surface area contributed by atoms with Crippen LogP contribution in [-0.2, 0) is 0 Å². The molecule has 0 atom stereocenters. The minimum Gasteiger partial charge on any atom is -0.327 e. The number of halogens is 5. The van der Waals surface area contributed by atoms with Crippen LogP contribution in [0.4, 0.5) is 13.2 Å². The number of amides is 1. The zero-order valence-electron chi connectivity index (χ0n) is 10.3. The van der Waals surface area contributed by atoms with Gasteiger partial charge in [0, 0.05) is 10.5 Å². The van der Waals surface area contributed by atoms with Crippen LogP contribution < -0.4 is 0 Å². The van der Waals surface area contributed by atoms with Gasteiger partial charge in [0.2, 0.25) is 0 Å². The molecule has 0 radical (unpaired) electrons. The molecule has 2 nitrogen and oxygen atoms in total. The van der Waals surface area contributed by atoms with Gasteiger partial charge in [-0.2, -0.15) is 13.2 Å². The lowest BCUT2D eigenvalue weighted by atomic mass is 10.1. The highest BCUT2D eigenvalue weighted by Gasteiger charge is 2.35. The Morgan fingerprint density at radius 3 is 2.47 bits per heavy atom. The first-order chi connectivity index (χ1) is 8.63. The second-order valence-electron chi connectivity index (χ2n) is 4.24. The van der Waals surface area contributed by atoms with Crippen molar-refractivity contribution in [3.05, 3.63) is 33.3 Å². The molecule has 7 heteroatoms. The molecule has 0 saturated carbocycles. The number of benzene rings is 1. The quantitative estimate of drug-likeness (QED) is 0.778. The molecule has 0 aliphatic rings. The number of nitrogens with zero attached hydrogens (tertiary/aromatic N) is 1. The maximum atomic E-state index is 12.5. The summed E-state index contributed by atoms with van der Waals surface area (Å²) in [6.07, 6.45) is -4.45. The Kier molecular flexibility index (Phi) is 5.26.